The van der Waals surface area contributed by atoms with E-state index in [1.807, 2.05) is 0 Å². The van der Waals surface area contributed by atoms with Gasteiger partial charge in [-0.2, -0.15) is 0 Å². The molecule has 1 unspecified atom stereocenters. The SMILES string of the molecule is CCC[C@H](CN)c1ccc2c(c1)CCC(CCc1c(C)cccc1OC)C2. The van der Waals surface area contributed by atoms with Crippen LogP contribution in [0.4, 0.5) is 0 Å². The van der Waals surface area contributed by atoms with Crippen molar-refractivity contribution in [3.8, 4) is 5.75 Å². The van der Waals surface area contributed by atoms with Gasteiger partial charge in [-0.3, -0.25) is 0 Å². The largest absolute Gasteiger partial charge is 0.496 e. The maximum absolute atomic E-state index is 6.01. The summed E-state index contributed by atoms with van der Waals surface area (Å²) in [6.07, 6.45) is 8.46. The Hall–Kier alpha value is -1.80. The number of hydrogen-bond donors (Lipinski definition) is 1. The van der Waals surface area contributed by atoms with E-state index in [1.165, 1.54) is 55.2 Å². The monoisotopic (exact) mass is 365 g/mol. The summed E-state index contributed by atoms with van der Waals surface area (Å²) in [5, 5.41) is 0. The van der Waals surface area contributed by atoms with Gasteiger partial charge in [0.2, 0.25) is 0 Å². The van der Waals surface area contributed by atoms with E-state index < -0.39 is 0 Å². The number of nitrogens with two attached hydrogens (primary N) is 1. The van der Waals surface area contributed by atoms with Gasteiger partial charge in [-0.1, -0.05) is 43.7 Å². The Bertz CT molecular complexity index is 752. The van der Waals surface area contributed by atoms with Crippen molar-refractivity contribution in [1.29, 1.82) is 0 Å². The third kappa shape index (κ3) is 4.73. The summed E-state index contributed by atoms with van der Waals surface area (Å²) in [6, 6.07) is 13.5. The normalized spacial score (nSPS) is 17.4. The summed E-state index contributed by atoms with van der Waals surface area (Å²) in [4.78, 5) is 0. The first-order valence-electron chi connectivity index (χ1n) is 10.6. The highest BCUT2D eigenvalue weighted by Gasteiger charge is 2.21. The highest BCUT2D eigenvalue weighted by Crippen LogP contribution is 2.33. The summed E-state index contributed by atoms with van der Waals surface area (Å²) in [5.41, 5.74) is 13.3. The Morgan fingerprint density at radius 2 is 2.04 bits per heavy atom. The lowest BCUT2D eigenvalue weighted by molar-refractivity contribution is 0.397. The Morgan fingerprint density at radius 1 is 1.19 bits per heavy atom. The van der Waals surface area contributed by atoms with Gasteiger partial charge in [-0.25, -0.2) is 0 Å². The molecule has 1 aliphatic rings. The number of aryl methyl sites for hydroxylation is 2. The van der Waals surface area contributed by atoms with Gasteiger partial charge in [-0.05, 0) is 97.7 Å². The molecule has 3 rings (SSSR count). The van der Waals surface area contributed by atoms with E-state index in [1.54, 1.807) is 18.2 Å². The summed E-state index contributed by atoms with van der Waals surface area (Å²) in [6.45, 7) is 5.20. The molecular formula is C25H35NO. The van der Waals surface area contributed by atoms with Gasteiger partial charge in [0, 0.05) is 0 Å². The first-order valence-corrected chi connectivity index (χ1v) is 10.6. The predicted molar refractivity (Wildman–Crippen MR) is 115 cm³/mol. The molecule has 0 fully saturated rings. The molecule has 146 valence electrons. The zero-order chi connectivity index (χ0) is 19.2. The van der Waals surface area contributed by atoms with Crippen LogP contribution in [0.15, 0.2) is 36.4 Å². The van der Waals surface area contributed by atoms with Gasteiger partial charge in [0.1, 0.15) is 5.75 Å². The average molecular weight is 366 g/mol. The topological polar surface area (TPSA) is 35.2 Å². The zero-order valence-corrected chi connectivity index (χ0v) is 17.3. The molecule has 0 bridgehead atoms. The zero-order valence-electron chi connectivity index (χ0n) is 17.3. The molecule has 2 nitrogen and oxygen atoms in total. The van der Waals surface area contributed by atoms with E-state index in [-0.39, 0.29) is 0 Å². The van der Waals surface area contributed by atoms with Crippen LogP contribution in [-0.4, -0.2) is 13.7 Å². The average Bonchev–Trinajstić information content (AvgIpc) is 2.70. The number of benzene rings is 2. The van der Waals surface area contributed by atoms with Crippen LogP contribution in [0.3, 0.4) is 0 Å². The third-order valence-electron chi connectivity index (χ3n) is 6.34. The first-order chi connectivity index (χ1) is 13.2. The van der Waals surface area contributed by atoms with Gasteiger partial charge in [0.25, 0.3) is 0 Å². The fourth-order valence-electron chi connectivity index (χ4n) is 4.66. The van der Waals surface area contributed by atoms with Crippen molar-refractivity contribution in [3.63, 3.8) is 0 Å². The Labute approximate surface area is 165 Å². The highest BCUT2D eigenvalue weighted by molar-refractivity contribution is 5.40. The van der Waals surface area contributed by atoms with Crippen LogP contribution < -0.4 is 10.5 Å². The summed E-state index contributed by atoms with van der Waals surface area (Å²) in [5.74, 6) is 2.33. The van der Waals surface area contributed by atoms with Crippen LogP contribution in [0.25, 0.3) is 0 Å². The van der Waals surface area contributed by atoms with Gasteiger partial charge in [0.15, 0.2) is 0 Å². The molecule has 27 heavy (non-hydrogen) atoms. The van der Waals surface area contributed by atoms with Crippen LogP contribution in [-0.2, 0) is 19.3 Å². The molecule has 0 saturated carbocycles. The van der Waals surface area contributed by atoms with E-state index in [0.717, 1.165) is 24.6 Å². The van der Waals surface area contributed by atoms with Crippen molar-refractivity contribution in [3.05, 3.63) is 64.2 Å². The van der Waals surface area contributed by atoms with E-state index >= 15 is 0 Å². The molecule has 2 N–H and O–H groups in total. The third-order valence-corrected chi connectivity index (χ3v) is 6.34. The fraction of sp³-hybridized carbons (Fsp3) is 0.520. The molecule has 0 saturated heterocycles. The van der Waals surface area contributed by atoms with Crippen LogP contribution in [0, 0.1) is 12.8 Å². The maximum atomic E-state index is 6.01. The lowest BCUT2D eigenvalue weighted by atomic mass is 9.79. The number of ether oxygens (including phenoxy) is 1. The van der Waals surface area contributed by atoms with Gasteiger partial charge < -0.3 is 10.5 Å². The second-order valence-corrected chi connectivity index (χ2v) is 8.15. The summed E-state index contributed by atoms with van der Waals surface area (Å²) in [7, 11) is 1.78. The van der Waals surface area contributed by atoms with Gasteiger partial charge in [0.05, 0.1) is 7.11 Å². The van der Waals surface area contributed by atoms with Gasteiger partial charge >= 0.3 is 0 Å². The fourth-order valence-corrected chi connectivity index (χ4v) is 4.66. The lowest BCUT2D eigenvalue weighted by Gasteiger charge is -2.26. The molecule has 0 heterocycles. The Morgan fingerprint density at radius 3 is 2.78 bits per heavy atom. The standard InChI is InChI=1S/C25H35NO/c1-4-6-23(17-26)22-13-12-20-15-19(9-11-21(20)16-22)10-14-24-18(2)7-5-8-25(24)27-3/h5,7-8,12-13,16,19,23H,4,6,9-11,14-15,17,26H2,1-3H3/t19?,23-/m1/s1. The molecule has 0 amide bonds. The number of hydrogen-bond acceptors (Lipinski definition) is 2. The number of fused-ring (bicyclic) bond motifs is 1. The minimum Gasteiger partial charge on any atom is -0.496 e. The molecule has 0 aromatic heterocycles. The van der Waals surface area contributed by atoms with Crippen molar-refractivity contribution in [2.24, 2.45) is 11.7 Å². The van der Waals surface area contributed by atoms with E-state index in [2.05, 4.69) is 50.2 Å². The van der Waals surface area contributed by atoms with Crippen molar-refractivity contribution in [1.82, 2.24) is 0 Å². The molecule has 1 aliphatic carbocycles. The van der Waals surface area contributed by atoms with E-state index in [9.17, 15) is 0 Å². The molecular weight excluding hydrogens is 330 g/mol. The predicted octanol–water partition coefficient (Wildman–Crippen LogP) is 5.58. The van der Waals surface area contributed by atoms with E-state index in [4.69, 9.17) is 10.5 Å². The summed E-state index contributed by atoms with van der Waals surface area (Å²) < 4.78 is 5.58. The number of methoxy groups -OCH3 is 1. The lowest BCUT2D eigenvalue weighted by Crippen LogP contribution is -2.17. The molecule has 2 aromatic rings. The van der Waals surface area contributed by atoms with Crippen LogP contribution in [0.2, 0.25) is 0 Å². The molecule has 2 aromatic carbocycles. The smallest absolute Gasteiger partial charge is 0.122 e. The molecule has 2 atom stereocenters. The van der Waals surface area contributed by atoms with E-state index in [0.29, 0.717) is 5.92 Å². The second kappa shape index (κ2) is 9.41. The molecule has 0 spiro atoms. The second-order valence-electron chi connectivity index (χ2n) is 8.15. The Balaban J connectivity index is 1.65. The van der Waals surface area contributed by atoms with Gasteiger partial charge in [-0.15, -0.1) is 0 Å². The van der Waals surface area contributed by atoms with Crippen molar-refractivity contribution >= 4 is 0 Å². The highest BCUT2D eigenvalue weighted by atomic mass is 16.5. The van der Waals surface area contributed by atoms with Crippen LogP contribution in [0.5, 0.6) is 5.75 Å². The quantitative estimate of drug-likeness (QED) is 0.662. The minimum atomic E-state index is 0.520. The van der Waals surface area contributed by atoms with Crippen molar-refractivity contribution in [2.45, 2.75) is 64.7 Å². The minimum absolute atomic E-state index is 0.520. The molecule has 0 radical (unpaired) electrons. The summed E-state index contributed by atoms with van der Waals surface area (Å²) >= 11 is 0. The maximum Gasteiger partial charge on any atom is 0.122 e. The Kier molecular flexibility index (Phi) is 6.95. The van der Waals surface area contributed by atoms with Crippen molar-refractivity contribution < 1.29 is 4.74 Å². The number of rotatable bonds is 8. The first kappa shape index (κ1) is 19.9. The molecule has 2 heteroatoms. The van der Waals surface area contributed by atoms with Crippen LogP contribution in [0.1, 0.15) is 66.3 Å². The van der Waals surface area contributed by atoms with Crippen LogP contribution >= 0.6 is 0 Å². The molecule has 0 aliphatic heterocycles. The van der Waals surface area contributed by atoms with Crippen molar-refractivity contribution in [2.75, 3.05) is 13.7 Å².